The normalized spacial score (nSPS) is 17.2. The van der Waals surface area contributed by atoms with E-state index in [1.54, 1.807) is 35.1 Å². The zero-order valence-corrected chi connectivity index (χ0v) is 62.7. The summed E-state index contributed by atoms with van der Waals surface area (Å²) in [6.45, 7) is 23.2. The Hall–Kier alpha value is -5.62. The summed E-state index contributed by atoms with van der Waals surface area (Å²) in [5.41, 5.74) is 8.31. The predicted octanol–water partition coefficient (Wildman–Crippen LogP) is 1.90. The summed E-state index contributed by atoms with van der Waals surface area (Å²) in [4.78, 5) is 91.4. The number of aliphatic carboxylic acids is 1. The van der Waals surface area contributed by atoms with Gasteiger partial charge in [0.25, 0.3) is 0 Å². The fourth-order valence-corrected chi connectivity index (χ4v) is 15.7. The Morgan fingerprint density at radius 2 is 1.01 bits per heavy atom. The van der Waals surface area contributed by atoms with E-state index >= 15 is 0 Å². The molecule has 3 radical (unpaired) electrons. The fourth-order valence-electron chi connectivity index (χ4n) is 11.9. The minimum Gasteiger partial charge on any atom is -0.550 e. The van der Waals surface area contributed by atoms with Crippen molar-refractivity contribution in [1.29, 1.82) is 0 Å². The smallest absolute Gasteiger partial charge is 0.550 e. The second-order valence-electron chi connectivity index (χ2n) is 24.2. The third-order valence-corrected chi connectivity index (χ3v) is 20.4. The Bertz CT molecular complexity index is 3820. The molecule has 12 heterocycles. The number of aryl methyl sites for hydroxylation is 2. The number of hydrogen-bond donors (Lipinski definition) is 1. The van der Waals surface area contributed by atoms with Gasteiger partial charge in [0.2, 0.25) is 23.7 Å². The molecule has 0 saturated carbocycles. The molecule has 0 atom stereocenters. The van der Waals surface area contributed by atoms with Gasteiger partial charge in [-0.15, -0.1) is 22.7 Å². The number of carboxylic acid groups (broad SMARTS) is 1. The molecule has 0 aliphatic carbocycles. The van der Waals surface area contributed by atoms with Crippen molar-refractivity contribution >= 4 is 107 Å². The number of carbonyl (C=O) groups excluding carboxylic acids is 4. The Balaban J connectivity index is 0.000000243. The summed E-state index contributed by atoms with van der Waals surface area (Å²) in [6, 6.07) is 4.39. The van der Waals surface area contributed by atoms with Gasteiger partial charge < -0.3 is 48.9 Å². The number of morpholine rings is 2. The molecule has 523 valence electrons. The maximum atomic E-state index is 12.2. The molecule has 6 aliphatic heterocycles. The van der Waals surface area contributed by atoms with Crippen molar-refractivity contribution in [3.05, 3.63) is 56.5 Å². The first kappa shape index (κ1) is 80.4. The van der Waals surface area contributed by atoms with Gasteiger partial charge in [-0.3, -0.25) is 14.6 Å². The number of pyridine rings is 2. The van der Waals surface area contributed by atoms with Crippen LogP contribution >= 0.6 is 22.7 Å². The number of piperidine rings is 2. The summed E-state index contributed by atoms with van der Waals surface area (Å²) in [5.74, 6) is -0.455. The van der Waals surface area contributed by atoms with Crippen LogP contribution in [-0.2, 0) is 82.7 Å². The minimum absolute atomic E-state index is 0. The van der Waals surface area contributed by atoms with Crippen LogP contribution in [0.3, 0.4) is 0 Å². The summed E-state index contributed by atoms with van der Waals surface area (Å²) >= 11 is 3.35. The van der Waals surface area contributed by atoms with Crippen LogP contribution in [-0.4, -0.2) is 231 Å². The second kappa shape index (κ2) is 38.3. The summed E-state index contributed by atoms with van der Waals surface area (Å²) in [7, 11) is -3.59. The van der Waals surface area contributed by atoms with Crippen LogP contribution in [0.25, 0.3) is 42.9 Å². The number of anilines is 2. The Kier molecular flexibility index (Phi) is 31.7. The van der Waals surface area contributed by atoms with E-state index in [-0.39, 0.29) is 55.4 Å². The molecular weight excluding hydrogens is 1340 g/mol. The standard InChI is InChI=1S/C29H40N6O4S2.C25H31N5O5S2.C4H9N.C4H6O4.C2H4O2.B.Na/c1-20-24(18-33-10-6-23(7-11-33)34-8-4-5-9-34)26-27(40-20)25(31-29(32-26)35-12-14-39-15-13-35)21-16-22(19-41(3,36)37)28(38-2)30-17-21;1-16-20(14-29-6-4-19(31)5-7-29)22-23(36-16)21(27-25(28-22)30-8-10-35-11-9-30)17-12-18(15-37(3,32)33)24(34-2)26-13-17;1-2-4-5-3-1;1-3(5)7-8-4(2)6;1-2(3)4;;/h16-17,23H,4-15,18-19H2,1-3H3;12-13H,4-11,14-15H2,1-3H3;5H,1-4H2;1-2H3;1H3,(H,3,4);;/q;;;;;;+1/p-1. The zero-order valence-electron chi connectivity index (χ0n) is 57.4. The molecule has 97 heavy (non-hydrogen) atoms. The van der Waals surface area contributed by atoms with Crippen molar-refractivity contribution < 1.29 is 99.4 Å². The van der Waals surface area contributed by atoms with E-state index in [4.69, 9.17) is 48.8 Å². The van der Waals surface area contributed by atoms with Crippen molar-refractivity contribution in [2.45, 2.75) is 117 Å². The molecule has 0 amide bonds. The number of methoxy groups -OCH3 is 2. The van der Waals surface area contributed by atoms with Crippen LogP contribution in [0.4, 0.5) is 11.9 Å². The Morgan fingerprint density at radius 1 is 0.619 bits per heavy atom. The van der Waals surface area contributed by atoms with Gasteiger partial charge in [0.1, 0.15) is 5.78 Å². The number of carbonyl (C=O) groups is 4. The molecule has 6 aromatic rings. The van der Waals surface area contributed by atoms with Gasteiger partial charge in [-0.05, 0) is 111 Å². The van der Waals surface area contributed by atoms with Crippen LogP contribution in [0.5, 0.6) is 11.8 Å². The molecule has 27 nitrogen and oxygen atoms in total. The van der Waals surface area contributed by atoms with Gasteiger partial charge >= 0.3 is 41.5 Å². The van der Waals surface area contributed by atoms with E-state index in [2.05, 4.69) is 63.4 Å². The van der Waals surface area contributed by atoms with E-state index in [9.17, 15) is 31.2 Å². The maximum absolute atomic E-state index is 12.2. The predicted molar refractivity (Wildman–Crippen MR) is 368 cm³/mol. The quantitative estimate of drug-likeness (QED) is 0.0872. The third-order valence-electron chi connectivity index (χ3n) is 16.5. The summed E-state index contributed by atoms with van der Waals surface area (Å²) in [6.07, 6.45) is 14.9. The molecule has 1 N–H and O–H groups in total. The number of thiophene rings is 2. The fraction of sp³-hybridized carbons (Fsp3) is 0.594. The number of Topliss-reactive ketones (excluding diaryl/α,β-unsaturated/α-hetero) is 1. The molecule has 33 heteroatoms. The minimum atomic E-state index is -3.30. The van der Waals surface area contributed by atoms with Gasteiger partial charge in [-0.2, -0.15) is 0 Å². The molecule has 0 unspecified atom stereocenters. The number of carboxylic acids is 1. The molecular formula is C64H89BN12NaO15S4. The first-order valence-corrected chi connectivity index (χ1v) is 37.7. The van der Waals surface area contributed by atoms with Gasteiger partial charge in [0, 0.05) is 168 Å². The van der Waals surface area contributed by atoms with E-state index in [0.29, 0.717) is 87.0 Å². The van der Waals surface area contributed by atoms with E-state index in [1.807, 2.05) is 12.1 Å². The molecule has 12 rings (SSSR count). The van der Waals surface area contributed by atoms with E-state index in [1.165, 1.54) is 102 Å². The van der Waals surface area contributed by atoms with E-state index in [0.717, 1.165) is 133 Å². The molecule has 6 fully saturated rings. The largest absolute Gasteiger partial charge is 1.00 e. The second-order valence-corrected chi connectivity index (χ2v) is 30.9. The number of hydrogen-bond acceptors (Lipinski definition) is 29. The summed E-state index contributed by atoms with van der Waals surface area (Å²) < 4.78 is 72.4. The number of fused-ring (bicyclic) bond motifs is 2. The van der Waals surface area contributed by atoms with Crippen LogP contribution in [0.2, 0.25) is 0 Å². The Labute approximate surface area is 600 Å². The van der Waals surface area contributed by atoms with Crippen LogP contribution < -0.4 is 59.3 Å². The molecule has 6 aromatic heterocycles. The van der Waals surface area contributed by atoms with Crippen LogP contribution in [0, 0.1) is 13.8 Å². The average Bonchev–Trinajstić information content (AvgIpc) is 1.68. The number of rotatable bonds is 15. The molecule has 6 saturated heterocycles. The molecule has 0 aromatic carbocycles. The first-order valence-electron chi connectivity index (χ1n) is 32.0. The number of ether oxygens (including phenoxy) is 4. The number of aromatic nitrogens is 6. The van der Waals surface area contributed by atoms with Crippen molar-refractivity contribution in [2.75, 3.05) is 141 Å². The molecule has 0 spiro atoms. The van der Waals surface area contributed by atoms with Crippen molar-refractivity contribution in [3.63, 3.8) is 0 Å². The van der Waals surface area contributed by atoms with Crippen molar-refractivity contribution in [3.8, 4) is 34.3 Å². The third kappa shape index (κ3) is 24.0. The van der Waals surface area contributed by atoms with Gasteiger partial charge in [-0.1, -0.05) is 0 Å². The number of nitrogens with zero attached hydrogens (tertiary/aromatic N) is 11. The zero-order chi connectivity index (χ0) is 68.4. The number of sulfone groups is 2. The maximum Gasteiger partial charge on any atom is 1.00 e. The van der Waals surface area contributed by atoms with Crippen LogP contribution in [0.1, 0.15) is 104 Å². The topological polar surface area (TPSA) is 321 Å². The van der Waals surface area contributed by atoms with Gasteiger partial charge in [0.05, 0.1) is 84.0 Å². The van der Waals surface area contributed by atoms with Gasteiger partial charge in [0.15, 0.2) is 19.7 Å². The molecule has 6 aliphatic rings. The number of ketones is 1. The number of likely N-dealkylation sites (tertiary alicyclic amines) is 3. The monoisotopic (exact) mass is 1430 g/mol. The average molecular weight is 1430 g/mol. The van der Waals surface area contributed by atoms with Crippen molar-refractivity contribution in [2.24, 2.45) is 0 Å². The number of nitrogens with one attached hydrogen (secondary N) is 1. The molecule has 0 bridgehead atoms. The van der Waals surface area contributed by atoms with E-state index < -0.39 is 37.6 Å². The van der Waals surface area contributed by atoms with Gasteiger partial charge in [-0.25, -0.2) is 66.1 Å². The first-order chi connectivity index (χ1) is 45.4. The van der Waals surface area contributed by atoms with Crippen LogP contribution in [0.15, 0.2) is 24.5 Å². The summed E-state index contributed by atoms with van der Waals surface area (Å²) in [5, 5.41) is 12.1. The SMILES string of the molecule is C1CCNC1.CC(=O)OOC(C)=O.CC(=O)[O-].COc1ncc(-c2nc(N3CCOCC3)nc3c(CN4CCC(=O)CC4)c(C)sc23)cc1CS(C)(=O)=O.COc1ncc(-c2nc(N3CCOCC3)nc3c(CN4CCC(N5CCCC5)CC4)c(C)sc23)cc1CS(C)(=O)=O.[B].[Na+]. The Morgan fingerprint density at radius 3 is 1.36 bits per heavy atom. The van der Waals surface area contributed by atoms with Crippen molar-refractivity contribution in [1.82, 2.24) is 49.9 Å².